The maximum atomic E-state index is 2.59. The minimum atomic E-state index is -1.35. The first-order chi connectivity index (χ1) is 11.0. The second-order valence-electron chi connectivity index (χ2n) is 9.16. The fraction of sp³-hybridized carbons (Fsp3) is 0.714. The lowest BCUT2D eigenvalue weighted by molar-refractivity contribution is 0.432. The Bertz CT molecular complexity index is 476. The maximum Gasteiger partial charge on any atom is 0.149 e. The summed E-state index contributed by atoms with van der Waals surface area (Å²) in [5.74, 6) is 3.05. The lowest BCUT2D eigenvalue weighted by Crippen LogP contribution is -2.46. The number of hydrogen-bond donors (Lipinski definition) is 0. The fourth-order valence-electron chi connectivity index (χ4n) is 5.82. The van der Waals surface area contributed by atoms with E-state index < -0.39 is 8.07 Å². The molecule has 0 amide bonds. The summed E-state index contributed by atoms with van der Waals surface area (Å²) in [6.45, 7) is 11.4. The molecule has 3 rings (SSSR count). The number of fused-ring (bicyclic) bond motifs is 2. The molecule has 0 N–H and O–H groups in total. The minimum absolute atomic E-state index is 0.877. The molecule has 0 aromatic heterocycles. The highest BCUT2D eigenvalue weighted by molar-refractivity contribution is 6.91. The van der Waals surface area contributed by atoms with Crippen LogP contribution in [0.4, 0.5) is 0 Å². The van der Waals surface area contributed by atoms with Crippen LogP contribution < -0.4 is 5.19 Å². The fourth-order valence-corrected chi connectivity index (χ4v) is 8.40. The van der Waals surface area contributed by atoms with Gasteiger partial charge in [0, 0.05) is 0 Å². The summed E-state index contributed by atoms with van der Waals surface area (Å²) in [5, 5.41) is 1.64. The van der Waals surface area contributed by atoms with Gasteiger partial charge in [0.1, 0.15) is 6.71 Å². The molecule has 2 bridgehead atoms. The molecule has 1 aromatic carbocycles. The van der Waals surface area contributed by atoms with Crippen LogP contribution in [-0.4, -0.2) is 14.8 Å². The van der Waals surface area contributed by atoms with Gasteiger partial charge >= 0.3 is 0 Å². The molecule has 1 unspecified atom stereocenters. The molecule has 0 radical (unpaired) electrons. The van der Waals surface area contributed by atoms with Crippen LogP contribution in [0, 0.1) is 0 Å². The van der Waals surface area contributed by atoms with Crippen molar-refractivity contribution in [3.63, 3.8) is 0 Å². The summed E-state index contributed by atoms with van der Waals surface area (Å²) in [4.78, 5) is 0. The Morgan fingerprint density at radius 1 is 0.957 bits per heavy atom. The molecule has 2 fully saturated rings. The normalized spacial score (nSPS) is 27.6. The van der Waals surface area contributed by atoms with Gasteiger partial charge in [-0.05, 0) is 5.54 Å². The van der Waals surface area contributed by atoms with E-state index in [-0.39, 0.29) is 0 Å². The molecule has 0 saturated carbocycles. The van der Waals surface area contributed by atoms with Crippen LogP contribution in [-0.2, 0) is 0 Å². The molecule has 0 nitrogen and oxygen atoms in total. The van der Waals surface area contributed by atoms with E-state index in [0.29, 0.717) is 0 Å². The molecule has 2 saturated heterocycles. The smallest absolute Gasteiger partial charge is 0.0690 e. The van der Waals surface area contributed by atoms with E-state index in [1.165, 1.54) is 44.9 Å². The molecule has 2 atom stereocenters. The topological polar surface area (TPSA) is 0 Å². The first kappa shape index (κ1) is 17.3. The Morgan fingerprint density at radius 3 is 2.00 bits per heavy atom. The van der Waals surface area contributed by atoms with Crippen molar-refractivity contribution in [2.45, 2.75) is 94.9 Å². The van der Waals surface area contributed by atoms with Crippen molar-refractivity contribution in [1.29, 1.82) is 0 Å². The Morgan fingerprint density at radius 2 is 1.48 bits per heavy atom. The monoisotopic (exact) mass is 326 g/mol. The van der Waals surface area contributed by atoms with Crippen molar-refractivity contribution in [3.05, 3.63) is 30.3 Å². The van der Waals surface area contributed by atoms with E-state index in [1.807, 2.05) is 0 Å². The van der Waals surface area contributed by atoms with Gasteiger partial charge in [-0.25, -0.2) is 0 Å². The van der Waals surface area contributed by atoms with Gasteiger partial charge < -0.3 is 0 Å². The third-order valence-electron chi connectivity index (χ3n) is 7.52. The third-order valence-corrected chi connectivity index (χ3v) is 12.0. The third kappa shape index (κ3) is 3.62. The van der Waals surface area contributed by atoms with E-state index in [0.717, 1.165) is 29.7 Å². The van der Waals surface area contributed by atoms with Gasteiger partial charge in [-0.3, -0.25) is 0 Å². The summed E-state index contributed by atoms with van der Waals surface area (Å²) >= 11 is 0. The summed E-state index contributed by atoms with van der Waals surface area (Å²) in [5.41, 5.74) is 0.877. The van der Waals surface area contributed by atoms with Crippen LogP contribution in [0.2, 0.25) is 36.1 Å². The van der Waals surface area contributed by atoms with Gasteiger partial charge in [-0.2, -0.15) is 0 Å². The van der Waals surface area contributed by atoms with Crippen molar-refractivity contribution in [2.75, 3.05) is 0 Å². The summed E-state index contributed by atoms with van der Waals surface area (Å²) < 4.78 is 0. The average molecular weight is 326 g/mol. The molecule has 2 heteroatoms. The molecule has 2 aliphatic heterocycles. The summed E-state index contributed by atoms with van der Waals surface area (Å²) in [6, 6.07) is 11.4. The van der Waals surface area contributed by atoms with Crippen LogP contribution in [0.15, 0.2) is 30.3 Å². The molecule has 1 aromatic rings. The van der Waals surface area contributed by atoms with Crippen LogP contribution >= 0.6 is 0 Å². The van der Waals surface area contributed by atoms with E-state index >= 15 is 0 Å². The second-order valence-corrected chi connectivity index (χ2v) is 14.2. The molecule has 126 valence electrons. The summed E-state index contributed by atoms with van der Waals surface area (Å²) in [6.07, 6.45) is 10.6. The zero-order valence-corrected chi connectivity index (χ0v) is 16.7. The van der Waals surface area contributed by atoms with Crippen LogP contribution in [0.25, 0.3) is 0 Å². The highest BCUT2D eigenvalue weighted by atomic mass is 28.3. The molecule has 2 aliphatic rings. The zero-order valence-electron chi connectivity index (χ0n) is 15.7. The van der Waals surface area contributed by atoms with E-state index in [4.69, 9.17) is 0 Å². The minimum Gasteiger partial charge on any atom is -0.0690 e. The average Bonchev–Trinajstić information content (AvgIpc) is 2.54. The van der Waals surface area contributed by atoms with Crippen molar-refractivity contribution < 1.29 is 0 Å². The van der Waals surface area contributed by atoms with E-state index in [2.05, 4.69) is 57.3 Å². The Balaban J connectivity index is 1.68. The molecule has 23 heavy (non-hydrogen) atoms. The van der Waals surface area contributed by atoms with Gasteiger partial charge in [-0.15, -0.1) is 0 Å². The molecule has 2 heterocycles. The summed E-state index contributed by atoms with van der Waals surface area (Å²) in [7, 11) is -1.35. The standard InChI is InChI=1S/C21H35BSi/c1-17(22-19-10-8-11-20(22)13-9-12-19)16-18(2)23(3,4)21-14-6-5-7-15-21/h5-7,14-15,17-20H,8-13,16H2,1-4H3/t17?,18-,19?,20?/m0/s1. The molecular formula is C21H35BSi. The van der Waals surface area contributed by atoms with E-state index in [1.54, 1.807) is 5.19 Å². The van der Waals surface area contributed by atoms with Crippen LogP contribution in [0.3, 0.4) is 0 Å². The van der Waals surface area contributed by atoms with Gasteiger partial charge in [0.05, 0.1) is 8.07 Å². The second kappa shape index (κ2) is 7.17. The highest BCUT2D eigenvalue weighted by Crippen LogP contribution is 2.52. The largest absolute Gasteiger partial charge is 0.149 e. The molecular weight excluding hydrogens is 291 g/mol. The Kier molecular flexibility index (Phi) is 5.40. The van der Waals surface area contributed by atoms with Crippen molar-refractivity contribution >= 4 is 20.0 Å². The lowest BCUT2D eigenvalue weighted by atomic mass is 9.22. The predicted molar refractivity (Wildman–Crippen MR) is 108 cm³/mol. The first-order valence-corrected chi connectivity index (χ1v) is 13.1. The van der Waals surface area contributed by atoms with Gasteiger partial charge in [0.2, 0.25) is 0 Å². The number of benzene rings is 1. The SMILES string of the molecule is CC(C[C@H](C)[Si](C)(C)c1ccccc1)B1C2CCCC1CCC2. The number of hydrogen-bond acceptors (Lipinski definition) is 0. The zero-order chi connectivity index (χ0) is 16.4. The van der Waals surface area contributed by atoms with Crippen molar-refractivity contribution in [3.8, 4) is 0 Å². The maximum absolute atomic E-state index is 2.59. The Hall–Kier alpha value is -0.498. The van der Waals surface area contributed by atoms with Gasteiger partial charge in [0.25, 0.3) is 0 Å². The van der Waals surface area contributed by atoms with Crippen molar-refractivity contribution in [2.24, 2.45) is 0 Å². The van der Waals surface area contributed by atoms with Crippen LogP contribution in [0.1, 0.15) is 58.8 Å². The Labute approximate surface area is 145 Å². The first-order valence-electron chi connectivity index (χ1n) is 10.1. The lowest BCUT2D eigenvalue weighted by Gasteiger charge is -2.45. The number of rotatable bonds is 5. The van der Waals surface area contributed by atoms with Gasteiger partial charge in [0.15, 0.2) is 0 Å². The van der Waals surface area contributed by atoms with Gasteiger partial charge in [-0.1, -0.05) is 125 Å². The van der Waals surface area contributed by atoms with Crippen LogP contribution in [0.5, 0.6) is 0 Å². The van der Waals surface area contributed by atoms with E-state index in [9.17, 15) is 0 Å². The highest BCUT2D eigenvalue weighted by Gasteiger charge is 2.43. The van der Waals surface area contributed by atoms with Crippen molar-refractivity contribution in [1.82, 2.24) is 0 Å². The molecule has 0 spiro atoms. The molecule has 0 aliphatic carbocycles. The predicted octanol–water partition coefficient (Wildman–Crippen LogP) is 6.38. The quantitative estimate of drug-likeness (QED) is 0.551.